The predicted octanol–water partition coefficient (Wildman–Crippen LogP) is 1.03. The molecule has 0 aliphatic carbocycles. The molecule has 0 saturated heterocycles. The fourth-order valence-electron chi connectivity index (χ4n) is 0. The van der Waals surface area contributed by atoms with Gasteiger partial charge in [0.1, 0.15) is 0 Å². The molecule has 0 aromatic heterocycles. The standard InChI is InChI=1S/C3H6NS2/c1-4(2)3(5)6/h1-2H3. The Balaban J connectivity index is 3.26. The highest BCUT2D eigenvalue weighted by Gasteiger charge is 1.85. The Morgan fingerprint density at radius 2 is 1.67 bits per heavy atom. The molecule has 0 spiro atoms. The second-order valence-electron chi connectivity index (χ2n) is 1.16. The van der Waals surface area contributed by atoms with Crippen molar-refractivity contribution in [1.82, 2.24) is 4.90 Å². The van der Waals surface area contributed by atoms with Gasteiger partial charge in [0.25, 0.3) is 0 Å². The first-order valence-corrected chi connectivity index (χ1v) is 2.34. The number of hydrogen-bond donors (Lipinski definition) is 0. The number of rotatable bonds is 0. The Hall–Kier alpha value is 0.110. The second-order valence-corrected chi connectivity index (χ2v) is 2.19. The zero-order chi connectivity index (χ0) is 5.15. The van der Waals surface area contributed by atoms with Crippen LogP contribution < -0.4 is 0 Å². The summed E-state index contributed by atoms with van der Waals surface area (Å²) in [5, 5.41) is 0. The third-order valence-electron chi connectivity index (χ3n) is 0.365. The maximum Gasteiger partial charge on any atom is 0.166 e. The first-order chi connectivity index (χ1) is 2.64. The highest BCUT2D eigenvalue weighted by molar-refractivity contribution is 8.10. The van der Waals surface area contributed by atoms with Gasteiger partial charge >= 0.3 is 0 Å². The Labute approximate surface area is 48.7 Å². The van der Waals surface area contributed by atoms with E-state index in [0.29, 0.717) is 4.32 Å². The van der Waals surface area contributed by atoms with Gasteiger partial charge in [0.05, 0.1) is 0 Å². The topological polar surface area (TPSA) is 3.24 Å². The lowest BCUT2D eigenvalue weighted by Crippen LogP contribution is -2.12. The van der Waals surface area contributed by atoms with E-state index in [9.17, 15) is 0 Å². The van der Waals surface area contributed by atoms with E-state index >= 15 is 0 Å². The second kappa shape index (κ2) is 2.31. The molecule has 0 heterocycles. The van der Waals surface area contributed by atoms with Gasteiger partial charge < -0.3 is 4.90 Å². The molecule has 3 heteroatoms. The van der Waals surface area contributed by atoms with E-state index < -0.39 is 0 Å². The summed E-state index contributed by atoms with van der Waals surface area (Å²) in [4.78, 5) is 1.71. The van der Waals surface area contributed by atoms with Gasteiger partial charge in [0, 0.05) is 14.1 Å². The maximum atomic E-state index is 4.56. The summed E-state index contributed by atoms with van der Waals surface area (Å²) in [6.45, 7) is 0. The summed E-state index contributed by atoms with van der Waals surface area (Å²) in [5.74, 6) is 0. The van der Waals surface area contributed by atoms with Crippen LogP contribution in [0.2, 0.25) is 0 Å². The van der Waals surface area contributed by atoms with Crippen molar-refractivity contribution in [2.24, 2.45) is 0 Å². The summed E-state index contributed by atoms with van der Waals surface area (Å²) >= 11 is 9.12. The minimum absolute atomic E-state index is 0.509. The molecule has 0 aromatic rings. The minimum atomic E-state index is 0.509. The van der Waals surface area contributed by atoms with Crippen LogP contribution in [0.5, 0.6) is 0 Å². The van der Waals surface area contributed by atoms with E-state index in [1.807, 2.05) is 14.1 Å². The average molecular weight is 120 g/mol. The van der Waals surface area contributed by atoms with Crippen LogP contribution in [0.25, 0.3) is 0 Å². The van der Waals surface area contributed by atoms with Crippen molar-refractivity contribution >= 4 is 29.2 Å². The molecular weight excluding hydrogens is 114 g/mol. The molecule has 1 nitrogen and oxygen atoms in total. The molecule has 0 aromatic carbocycles. The molecule has 0 rings (SSSR count). The summed E-state index contributed by atoms with van der Waals surface area (Å²) in [6, 6.07) is 0. The van der Waals surface area contributed by atoms with Gasteiger partial charge in [-0.15, -0.1) is 0 Å². The van der Waals surface area contributed by atoms with Crippen LogP contribution >= 0.6 is 24.8 Å². The fourth-order valence-corrected chi connectivity index (χ4v) is 0. The molecule has 1 radical (unpaired) electrons. The SMILES string of the molecule is CN(C)C([S])=S. The third-order valence-corrected chi connectivity index (χ3v) is 1.10. The molecule has 6 heavy (non-hydrogen) atoms. The lowest BCUT2D eigenvalue weighted by atomic mass is 11.0. The summed E-state index contributed by atoms with van der Waals surface area (Å²) in [6.07, 6.45) is 0. The van der Waals surface area contributed by atoms with Gasteiger partial charge in [-0.3, -0.25) is 0 Å². The summed E-state index contributed by atoms with van der Waals surface area (Å²) < 4.78 is 0.509. The quantitative estimate of drug-likeness (QED) is 0.439. The lowest BCUT2D eigenvalue weighted by Gasteiger charge is -2.03. The predicted molar refractivity (Wildman–Crippen MR) is 33.9 cm³/mol. The number of hydrogen-bond acceptors (Lipinski definition) is 1. The van der Waals surface area contributed by atoms with Crippen molar-refractivity contribution in [3.05, 3.63) is 0 Å². The Bertz CT molecular complexity index is 59.8. The van der Waals surface area contributed by atoms with Crippen LogP contribution in [0.15, 0.2) is 0 Å². The van der Waals surface area contributed by atoms with Crippen molar-refractivity contribution in [3.63, 3.8) is 0 Å². The fraction of sp³-hybridized carbons (Fsp3) is 0.667. The van der Waals surface area contributed by atoms with E-state index in [2.05, 4.69) is 24.8 Å². The zero-order valence-electron chi connectivity index (χ0n) is 3.76. The monoisotopic (exact) mass is 120 g/mol. The van der Waals surface area contributed by atoms with Crippen molar-refractivity contribution in [2.45, 2.75) is 0 Å². The molecule has 0 amide bonds. The van der Waals surface area contributed by atoms with E-state index in [1.54, 1.807) is 4.90 Å². The normalized spacial score (nSPS) is 7.67. The highest BCUT2D eigenvalue weighted by Crippen LogP contribution is 1.84. The Kier molecular flexibility index (Phi) is 2.35. The largest absolute Gasteiger partial charge is 0.360 e. The first kappa shape index (κ1) is 6.11. The minimum Gasteiger partial charge on any atom is -0.360 e. The van der Waals surface area contributed by atoms with Gasteiger partial charge in [-0.2, -0.15) is 0 Å². The van der Waals surface area contributed by atoms with Crippen LogP contribution in [0.1, 0.15) is 0 Å². The third kappa shape index (κ3) is 2.35. The molecule has 0 aliphatic rings. The highest BCUT2D eigenvalue weighted by atomic mass is 32.1. The number of thiocarbonyl (C=S) groups is 1. The molecule has 35 valence electrons. The van der Waals surface area contributed by atoms with Gasteiger partial charge in [0.2, 0.25) is 0 Å². The smallest absolute Gasteiger partial charge is 0.166 e. The number of nitrogens with zero attached hydrogens (tertiary/aromatic N) is 1. The Morgan fingerprint density at radius 3 is 1.67 bits per heavy atom. The zero-order valence-corrected chi connectivity index (χ0v) is 5.40. The van der Waals surface area contributed by atoms with Gasteiger partial charge in [-0.05, 0) is 24.8 Å². The molecule has 0 aliphatic heterocycles. The van der Waals surface area contributed by atoms with Crippen LogP contribution in [0.4, 0.5) is 0 Å². The molecule has 0 saturated carbocycles. The Morgan fingerprint density at radius 1 is 1.50 bits per heavy atom. The van der Waals surface area contributed by atoms with Crippen molar-refractivity contribution in [1.29, 1.82) is 0 Å². The van der Waals surface area contributed by atoms with Crippen LogP contribution in [0, 0.1) is 0 Å². The van der Waals surface area contributed by atoms with E-state index in [4.69, 9.17) is 0 Å². The van der Waals surface area contributed by atoms with Gasteiger partial charge in [-0.25, -0.2) is 0 Å². The lowest BCUT2D eigenvalue weighted by molar-refractivity contribution is 0.648. The molecule has 0 fully saturated rings. The van der Waals surface area contributed by atoms with E-state index in [-0.39, 0.29) is 0 Å². The van der Waals surface area contributed by atoms with E-state index in [0.717, 1.165) is 0 Å². The van der Waals surface area contributed by atoms with Crippen molar-refractivity contribution in [3.8, 4) is 0 Å². The van der Waals surface area contributed by atoms with Crippen molar-refractivity contribution < 1.29 is 0 Å². The van der Waals surface area contributed by atoms with Crippen LogP contribution in [0.3, 0.4) is 0 Å². The van der Waals surface area contributed by atoms with E-state index in [1.165, 1.54) is 0 Å². The molecule has 0 N–H and O–H groups in total. The summed E-state index contributed by atoms with van der Waals surface area (Å²) in [7, 11) is 3.66. The molecular formula is C3H6NS2. The van der Waals surface area contributed by atoms with Crippen LogP contribution in [-0.4, -0.2) is 23.3 Å². The molecule has 0 atom stereocenters. The van der Waals surface area contributed by atoms with Crippen LogP contribution in [-0.2, 0) is 0 Å². The van der Waals surface area contributed by atoms with Crippen molar-refractivity contribution in [2.75, 3.05) is 14.1 Å². The average Bonchev–Trinajstić information content (AvgIpc) is 1.36. The molecule has 0 unspecified atom stereocenters. The van der Waals surface area contributed by atoms with Gasteiger partial charge in [-0.1, -0.05) is 0 Å². The first-order valence-electron chi connectivity index (χ1n) is 1.53. The van der Waals surface area contributed by atoms with Gasteiger partial charge in [0.15, 0.2) is 4.32 Å². The summed E-state index contributed by atoms with van der Waals surface area (Å²) in [5.41, 5.74) is 0. The molecule has 0 bridgehead atoms. The maximum absolute atomic E-state index is 4.56.